The fraction of sp³-hybridized carbons (Fsp3) is 0.167. The van der Waals surface area contributed by atoms with Crippen LogP contribution in [0.3, 0.4) is 0 Å². The molecule has 18 heavy (non-hydrogen) atoms. The molecular weight excluding hydrogens is 270 g/mol. The molecular formula is C12H12ClN3OS. The van der Waals surface area contributed by atoms with Crippen molar-refractivity contribution in [3.05, 3.63) is 57.5 Å². The number of nitrogens with two attached hydrogens (primary N) is 1. The molecule has 4 nitrogen and oxygen atoms in total. The summed E-state index contributed by atoms with van der Waals surface area (Å²) < 4.78 is 0. The van der Waals surface area contributed by atoms with Gasteiger partial charge in [-0.25, -0.2) is 4.98 Å². The molecule has 0 aliphatic rings. The molecule has 1 heterocycles. The quantitative estimate of drug-likeness (QED) is 0.666. The first-order chi connectivity index (χ1) is 8.69. The molecule has 1 atom stereocenters. The Bertz CT molecular complexity index is 570. The molecule has 1 unspecified atom stereocenters. The van der Waals surface area contributed by atoms with E-state index in [9.17, 15) is 4.79 Å². The van der Waals surface area contributed by atoms with Crippen LogP contribution in [0.5, 0.6) is 0 Å². The predicted octanol–water partition coefficient (Wildman–Crippen LogP) is 2.22. The van der Waals surface area contributed by atoms with Crippen molar-refractivity contribution in [3.63, 3.8) is 0 Å². The number of aromatic nitrogens is 2. The standard InChI is InChI=1S/C12H12ClN3OS/c13-9-3-1-8(2-4-9)10(7-14)18-12-15-6-5-11(17)16-12/h1-6,10H,7,14H2,(H,15,16,17). The van der Waals surface area contributed by atoms with E-state index in [1.165, 1.54) is 24.0 Å². The van der Waals surface area contributed by atoms with Gasteiger partial charge in [-0.15, -0.1) is 0 Å². The molecule has 2 aromatic rings. The SMILES string of the molecule is NCC(Sc1nccc(=O)[nH]1)c1ccc(Cl)cc1. The van der Waals surface area contributed by atoms with Gasteiger partial charge in [0, 0.05) is 29.1 Å². The molecule has 3 N–H and O–H groups in total. The third kappa shape index (κ3) is 3.35. The predicted molar refractivity (Wildman–Crippen MR) is 74.0 cm³/mol. The van der Waals surface area contributed by atoms with E-state index in [1.54, 1.807) is 0 Å². The van der Waals surface area contributed by atoms with Gasteiger partial charge in [-0.2, -0.15) is 0 Å². The highest BCUT2D eigenvalue weighted by Gasteiger charge is 2.12. The molecule has 94 valence electrons. The lowest BCUT2D eigenvalue weighted by Gasteiger charge is -2.13. The lowest BCUT2D eigenvalue weighted by molar-refractivity contribution is 0.897. The Morgan fingerprint density at radius 2 is 2.06 bits per heavy atom. The number of nitrogens with zero attached hydrogens (tertiary/aromatic N) is 1. The van der Waals surface area contributed by atoms with Crippen LogP contribution in [0.1, 0.15) is 10.8 Å². The normalized spacial score (nSPS) is 12.3. The third-order valence-corrected chi connectivity index (χ3v) is 3.79. The highest BCUT2D eigenvalue weighted by molar-refractivity contribution is 7.99. The van der Waals surface area contributed by atoms with Crippen LogP contribution >= 0.6 is 23.4 Å². The Balaban J connectivity index is 2.19. The van der Waals surface area contributed by atoms with Crippen LogP contribution in [-0.4, -0.2) is 16.5 Å². The molecule has 0 aliphatic carbocycles. The monoisotopic (exact) mass is 281 g/mol. The van der Waals surface area contributed by atoms with E-state index in [2.05, 4.69) is 9.97 Å². The third-order valence-electron chi connectivity index (χ3n) is 2.36. The Hall–Kier alpha value is -1.30. The van der Waals surface area contributed by atoms with Crippen molar-refractivity contribution in [1.82, 2.24) is 9.97 Å². The van der Waals surface area contributed by atoms with E-state index < -0.39 is 0 Å². The van der Waals surface area contributed by atoms with Gasteiger partial charge in [-0.1, -0.05) is 35.5 Å². The minimum atomic E-state index is -0.167. The van der Waals surface area contributed by atoms with Crippen molar-refractivity contribution in [2.24, 2.45) is 5.73 Å². The maximum absolute atomic E-state index is 11.2. The summed E-state index contributed by atoms with van der Waals surface area (Å²) in [7, 11) is 0. The summed E-state index contributed by atoms with van der Waals surface area (Å²) in [4.78, 5) is 17.9. The largest absolute Gasteiger partial charge is 0.329 e. The van der Waals surface area contributed by atoms with Gasteiger partial charge in [0.15, 0.2) is 5.16 Å². The first kappa shape index (κ1) is 13.1. The van der Waals surface area contributed by atoms with Crippen molar-refractivity contribution in [1.29, 1.82) is 0 Å². The highest BCUT2D eigenvalue weighted by Crippen LogP contribution is 2.32. The minimum Gasteiger partial charge on any atom is -0.329 e. The molecule has 6 heteroatoms. The second-order valence-corrected chi connectivity index (χ2v) is 5.26. The van der Waals surface area contributed by atoms with Crippen LogP contribution in [-0.2, 0) is 0 Å². The van der Waals surface area contributed by atoms with Crippen molar-refractivity contribution in [2.45, 2.75) is 10.4 Å². The number of thioether (sulfide) groups is 1. The van der Waals surface area contributed by atoms with Crippen molar-refractivity contribution in [3.8, 4) is 0 Å². The van der Waals surface area contributed by atoms with Crippen molar-refractivity contribution >= 4 is 23.4 Å². The number of rotatable bonds is 4. The van der Waals surface area contributed by atoms with Crippen LogP contribution in [0.2, 0.25) is 5.02 Å². The number of nitrogens with one attached hydrogen (secondary N) is 1. The van der Waals surface area contributed by atoms with Crippen LogP contribution in [0.25, 0.3) is 0 Å². The van der Waals surface area contributed by atoms with Gasteiger partial charge in [0.2, 0.25) is 0 Å². The Kier molecular flexibility index (Phi) is 4.41. The Morgan fingerprint density at radius 3 is 2.67 bits per heavy atom. The highest BCUT2D eigenvalue weighted by atomic mass is 35.5. The molecule has 0 aliphatic heterocycles. The Morgan fingerprint density at radius 1 is 1.33 bits per heavy atom. The molecule has 0 saturated carbocycles. The summed E-state index contributed by atoms with van der Waals surface area (Å²) in [5, 5.41) is 1.28. The zero-order chi connectivity index (χ0) is 13.0. The van der Waals surface area contributed by atoms with E-state index in [4.69, 9.17) is 17.3 Å². The molecule has 1 aromatic heterocycles. The zero-order valence-electron chi connectivity index (χ0n) is 9.47. The number of benzene rings is 1. The molecule has 0 saturated heterocycles. The van der Waals surface area contributed by atoms with Gasteiger partial charge >= 0.3 is 0 Å². The average molecular weight is 282 g/mol. The fourth-order valence-electron chi connectivity index (χ4n) is 1.48. The van der Waals surface area contributed by atoms with Gasteiger partial charge in [-0.3, -0.25) is 4.79 Å². The maximum Gasteiger partial charge on any atom is 0.251 e. The first-order valence-electron chi connectivity index (χ1n) is 5.36. The summed E-state index contributed by atoms with van der Waals surface area (Å²) in [6.45, 7) is 0.449. The number of aromatic amines is 1. The second kappa shape index (κ2) is 6.04. The molecule has 0 radical (unpaired) electrons. The average Bonchev–Trinajstić information content (AvgIpc) is 2.37. The molecule has 0 spiro atoms. The lowest BCUT2D eigenvalue weighted by Crippen LogP contribution is -2.12. The van der Waals surface area contributed by atoms with Crippen LogP contribution < -0.4 is 11.3 Å². The first-order valence-corrected chi connectivity index (χ1v) is 6.62. The summed E-state index contributed by atoms with van der Waals surface area (Å²) in [6.07, 6.45) is 1.48. The summed E-state index contributed by atoms with van der Waals surface area (Å²) >= 11 is 7.27. The minimum absolute atomic E-state index is 0.0350. The topological polar surface area (TPSA) is 71.8 Å². The summed E-state index contributed by atoms with van der Waals surface area (Å²) in [5.41, 5.74) is 6.64. The van der Waals surface area contributed by atoms with Crippen LogP contribution in [0.4, 0.5) is 0 Å². The molecule has 0 fully saturated rings. The van der Waals surface area contributed by atoms with E-state index in [-0.39, 0.29) is 10.8 Å². The smallest absolute Gasteiger partial charge is 0.251 e. The number of H-pyrrole nitrogens is 1. The molecule has 2 rings (SSSR count). The van der Waals surface area contributed by atoms with Crippen LogP contribution in [0, 0.1) is 0 Å². The molecule has 0 bridgehead atoms. The Labute approximate surface area is 114 Å². The number of hydrogen-bond acceptors (Lipinski definition) is 4. The van der Waals surface area contributed by atoms with E-state index >= 15 is 0 Å². The molecule has 1 aromatic carbocycles. The summed E-state index contributed by atoms with van der Waals surface area (Å²) in [5.74, 6) is 0. The molecule has 0 amide bonds. The van der Waals surface area contributed by atoms with E-state index in [0.717, 1.165) is 5.56 Å². The van der Waals surface area contributed by atoms with E-state index in [1.807, 2.05) is 24.3 Å². The van der Waals surface area contributed by atoms with E-state index in [0.29, 0.717) is 16.7 Å². The van der Waals surface area contributed by atoms with Crippen molar-refractivity contribution in [2.75, 3.05) is 6.54 Å². The lowest BCUT2D eigenvalue weighted by atomic mass is 10.1. The number of halogens is 1. The van der Waals surface area contributed by atoms with Crippen LogP contribution in [0.15, 0.2) is 46.5 Å². The summed E-state index contributed by atoms with van der Waals surface area (Å²) in [6, 6.07) is 8.87. The maximum atomic E-state index is 11.2. The van der Waals surface area contributed by atoms with Gasteiger partial charge in [0.05, 0.1) is 0 Å². The number of hydrogen-bond donors (Lipinski definition) is 2. The second-order valence-electron chi connectivity index (χ2n) is 3.63. The van der Waals surface area contributed by atoms with Crippen molar-refractivity contribution < 1.29 is 0 Å². The fourth-order valence-corrected chi connectivity index (χ4v) is 2.54. The van der Waals surface area contributed by atoms with Gasteiger partial charge in [0.1, 0.15) is 0 Å². The van der Waals surface area contributed by atoms with Gasteiger partial charge < -0.3 is 10.7 Å². The van der Waals surface area contributed by atoms with Gasteiger partial charge in [0.25, 0.3) is 5.56 Å². The van der Waals surface area contributed by atoms with Gasteiger partial charge in [-0.05, 0) is 17.7 Å². The zero-order valence-corrected chi connectivity index (χ0v) is 11.0.